The van der Waals surface area contributed by atoms with Crippen LogP contribution in [0, 0.1) is 0 Å². The van der Waals surface area contributed by atoms with E-state index in [4.69, 9.17) is 16.3 Å². The van der Waals surface area contributed by atoms with E-state index in [1.165, 1.54) is 22.2 Å². The smallest absolute Gasteiger partial charge is 0.369 e. The van der Waals surface area contributed by atoms with Gasteiger partial charge in [-0.25, -0.2) is 0 Å². The molecule has 6 nitrogen and oxygen atoms in total. The molecule has 146 valence electrons. The van der Waals surface area contributed by atoms with Crippen LogP contribution in [0.25, 0.3) is 0 Å². The molecule has 1 saturated heterocycles. The first-order valence-corrected chi connectivity index (χ1v) is 9.56. The number of amides is 1. The number of fused-ring (bicyclic) bond motifs is 2. The Labute approximate surface area is 161 Å². The van der Waals surface area contributed by atoms with Crippen molar-refractivity contribution in [2.75, 3.05) is 13.2 Å². The van der Waals surface area contributed by atoms with Crippen molar-refractivity contribution in [3.8, 4) is 0 Å². The highest BCUT2D eigenvalue weighted by Gasteiger charge is 2.52. The number of thiophene rings is 1. The Morgan fingerprint density at radius 1 is 1.48 bits per heavy atom. The van der Waals surface area contributed by atoms with Crippen molar-refractivity contribution < 1.29 is 22.7 Å². The minimum atomic E-state index is -4.95. The zero-order chi connectivity index (χ0) is 19.4. The Morgan fingerprint density at radius 2 is 2.26 bits per heavy atom. The summed E-state index contributed by atoms with van der Waals surface area (Å²) in [5.41, 5.74) is 0.605. The standard InChI is InChI=1S/C16H16ClF3N4O2S/c1-23-8-10(21-22-23)11-7-15(3-4-24(11)14(25)16(18,19)20)13-9(2-5-26-15)6-12(17)27-13/h6,8,11H,2-5,7H2,1H3. The van der Waals surface area contributed by atoms with Crippen molar-refractivity contribution in [3.63, 3.8) is 0 Å². The summed E-state index contributed by atoms with van der Waals surface area (Å²) >= 11 is 7.56. The van der Waals surface area contributed by atoms with E-state index in [0.717, 1.165) is 15.3 Å². The molecule has 1 spiro atoms. The molecule has 1 amide bonds. The van der Waals surface area contributed by atoms with E-state index >= 15 is 0 Å². The lowest BCUT2D eigenvalue weighted by atomic mass is 9.80. The lowest BCUT2D eigenvalue weighted by molar-refractivity contribution is -0.196. The van der Waals surface area contributed by atoms with E-state index in [1.807, 2.05) is 6.07 Å². The van der Waals surface area contributed by atoms with E-state index < -0.39 is 23.7 Å². The average Bonchev–Trinajstić information content (AvgIpc) is 3.19. The average molecular weight is 421 g/mol. The molecular formula is C16H16ClF3N4O2S. The maximum Gasteiger partial charge on any atom is 0.471 e. The highest BCUT2D eigenvalue weighted by Crippen LogP contribution is 2.51. The summed E-state index contributed by atoms with van der Waals surface area (Å²) in [6.07, 6.45) is -2.25. The summed E-state index contributed by atoms with van der Waals surface area (Å²) in [6.45, 7) is 0.370. The number of halogens is 4. The molecule has 11 heteroatoms. The highest BCUT2D eigenvalue weighted by atomic mass is 35.5. The van der Waals surface area contributed by atoms with Gasteiger partial charge in [0.2, 0.25) is 0 Å². The van der Waals surface area contributed by atoms with Crippen LogP contribution in [0.4, 0.5) is 13.2 Å². The number of likely N-dealkylation sites (tertiary alicyclic amines) is 1. The van der Waals surface area contributed by atoms with Gasteiger partial charge in [0.15, 0.2) is 0 Å². The minimum Gasteiger partial charge on any atom is -0.369 e. The molecule has 0 N–H and O–H groups in total. The minimum absolute atomic E-state index is 0.0887. The number of hydrogen-bond donors (Lipinski definition) is 0. The molecule has 2 atom stereocenters. The highest BCUT2D eigenvalue weighted by molar-refractivity contribution is 7.16. The van der Waals surface area contributed by atoms with E-state index in [2.05, 4.69) is 10.3 Å². The molecule has 0 aromatic carbocycles. The van der Waals surface area contributed by atoms with Gasteiger partial charge < -0.3 is 9.64 Å². The lowest BCUT2D eigenvalue weighted by Crippen LogP contribution is -2.52. The first kappa shape index (κ1) is 18.7. The van der Waals surface area contributed by atoms with E-state index in [-0.39, 0.29) is 19.4 Å². The number of rotatable bonds is 1. The van der Waals surface area contributed by atoms with Crippen LogP contribution in [0.5, 0.6) is 0 Å². The fourth-order valence-corrected chi connectivity index (χ4v) is 5.38. The summed E-state index contributed by atoms with van der Waals surface area (Å²) in [5.74, 6) is -1.87. The molecule has 2 aliphatic rings. The summed E-state index contributed by atoms with van der Waals surface area (Å²) in [7, 11) is 1.62. The summed E-state index contributed by atoms with van der Waals surface area (Å²) in [6, 6.07) is 1.00. The predicted octanol–water partition coefficient (Wildman–Crippen LogP) is 3.22. The Morgan fingerprint density at radius 3 is 2.93 bits per heavy atom. The Bertz CT molecular complexity index is 883. The van der Waals surface area contributed by atoms with Gasteiger partial charge in [0.25, 0.3) is 0 Å². The van der Waals surface area contributed by atoms with Gasteiger partial charge in [-0.1, -0.05) is 16.8 Å². The van der Waals surface area contributed by atoms with Crippen molar-refractivity contribution in [1.29, 1.82) is 0 Å². The lowest BCUT2D eigenvalue weighted by Gasteiger charge is -2.47. The first-order valence-electron chi connectivity index (χ1n) is 8.36. The fourth-order valence-electron chi connectivity index (χ4n) is 3.90. The van der Waals surface area contributed by atoms with Crippen LogP contribution in [0.2, 0.25) is 4.34 Å². The topological polar surface area (TPSA) is 60.2 Å². The second-order valence-corrected chi connectivity index (χ2v) is 8.46. The zero-order valence-corrected chi connectivity index (χ0v) is 15.9. The maximum absolute atomic E-state index is 13.1. The SMILES string of the molecule is Cn1cc(C2CC3(CCN2C(=O)C(F)(F)F)OCCc2cc(Cl)sc23)nn1. The normalized spacial score (nSPS) is 25.7. The third-order valence-electron chi connectivity index (χ3n) is 5.06. The number of alkyl halides is 3. The van der Waals surface area contributed by atoms with Gasteiger partial charge in [-0.15, -0.1) is 16.4 Å². The van der Waals surface area contributed by atoms with Crippen molar-refractivity contribution >= 4 is 28.8 Å². The molecule has 4 heterocycles. The van der Waals surface area contributed by atoms with Gasteiger partial charge in [-0.3, -0.25) is 9.48 Å². The molecule has 2 aliphatic heterocycles. The number of aryl methyl sites for hydroxylation is 1. The van der Waals surface area contributed by atoms with Crippen molar-refractivity contribution in [1.82, 2.24) is 19.9 Å². The second-order valence-electron chi connectivity index (χ2n) is 6.78. The molecule has 2 aromatic rings. The molecule has 27 heavy (non-hydrogen) atoms. The first-order chi connectivity index (χ1) is 12.7. The summed E-state index contributed by atoms with van der Waals surface area (Å²) in [5, 5.41) is 7.78. The van der Waals surface area contributed by atoms with E-state index in [9.17, 15) is 18.0 Å². The third-order valence-corrected chi connectivity index (χ3v) is 6.56. The van der Waals surface area contributed by atoms with Crippen LogP contribution >= 0.6 is 22.9 Å². The fraction of sp³-hybridized carbons (Fsp3) is 0.562. The van der Waals surface area contributed by atoms with E-state index in [0.29, 0.717) is 23.1 Å². The molecule has 0 aliphatic carbocycles. The monoisotopic (exact) mass is 420 g/mol. The Kier molecular flexibility index (Phi) is 4.47. The largest absolute Gasteiger partial charge is 0.471 e. The van der Waals surface area contributed by atoms with Gasteiger partial charge in [-0.2, -0.15) is 13.2 Å². The van der Waals surface area contributed by atoms with Gasteiger partial charge in [-0.05, 0) is 24.5 Å². The quantitative estimate of drug-likeness (QED) is 0.710. The molecule has 0 bridgehead atoms. The number of piperidine rings is 1. The number of aromatic nitrogens is 3. The maximum atomic E-state index is 13.1. The predicted molar refractivity (Wildman–Crippen MR) is 91.4 cm³/mol. The third kappa shape index (κ3) is 3.23. The van der Waals surface area contributed by atoms with Gasteiger partial charge in [0, 0.05) is 24.9 Å². The Balaban J connectivity index is 1.74. The molecule has 2 aromatic heterocycles. The molecule has 0 radical (unpaired) electrons. The summed E-state index contributed by atoms with van der Waals surface area (Å²) < 4.78 is 47.5. The number of ether oxygens (including phenoxy) is 1. The number of hydrogen-bond acceptors (Lipinski definition) is 5. The van der Waals surface area contributed by atoms with Gasteiger partial charge in [0.05, 0.1) is 23.2 Å². The number of carbonyl (C=O) groups excluding carboxylic acids is 1. The van der Waals surface area contributed by atoms with Crippen LogP contribution in [0.1, 0.15) is 35.0 Å². The van der Waals surface area contributed by atoms with Crippen LogP contribution in [-0.2, 0) is 28.6 Å². The molecular weight excluding hydrogens is 405 g/mol. The van der Waals surface area contributed by atoms with Crippen LogP contribution in [-0.4, -0.2) is 45.1 Å². The van der Waals surface area contributed by atoms with Gasteiger partial charge >= 0.3 is 12.1 Å². The molecule has 1 fully saturated rings. The zero-order valence-electron chi connectivity index (χ0n) is 14.3. The Hall–Kier alpha value is -1.65. The molecule has 0 saturated carbocycles. The van der Waals surface area contributed by atoms with Crippen molar-refractivity contribution in [3.05, 3.63) is 32.7 Å². The van der Waals surface area contributed by atoms with Gasteiger partial charge in [0.1, 0.15) is 11.3 Å². The van der Waals surface area contributed by atoms with Crippen molar-refractivity contribution in [2.45, 2.75) is 37.1 Å². The number of carbonyl (C=O) groups is 1. The van der Waals surface area contributed by atoms with Crippen LogP contribution in [0.3, 0.4) is 0 Å². The number of nitrogens with zero attached hydrogens (tertiary/aromatic N) is 4. The van der Waals surface area contributed by atoms with Crippen LogP contribution < -0.4 is 0 Å². The summed E-state index contributed by atoms with van der Waals surface area (Å²) in [4.78, 5) is 13.8. The molecule has 2 unspecified atom stereocenters. The van der Waals surface area contributed by atoms with E-state index in [1.54, 1.807) is 7.05 Å². The van der Waals surface area contributed by atoms with Crippen molar-refractivity contribution in [2.24, 2.45) is 7.05 Å². The molecule has 4 rings (SSSR count). The van der Waals surface area contributed by atoms with Crippen LogP contribution in [0.15, 0.2) is 12.3 Å². The second kappa shape index (κ2) is 6.46.